The van der Waals surface area contributed by atoms with Crippen molar-refractivity contribution in [3.05, 3.63) is 58.6 Å². The smallest absolute Gasteiger partial charge is 0.277 e. The van der Waals surface area contributed by atoms with Gasteiger partial charge < -0.3 is 9.73 Å². The largest absolute Gasteiger partial charge is 0.411 e. The van der Waals surface area contributed by atoms with Crippen LogP contribution in [0.15, 0.2) is 52.1 Å². The molecule has 2 aromatic carbocycles. The Kier molecular flexibility index (Phi) is 6.42. The van der Waals surface area contributed by atoms with Gasteiger partial charge in [0.2, 0.25) is 11.8 Å². The highest BCUT2D eigenvalue weighted by atomic mass is 35.5. The van der Waals surface area contributed by atoms with Gasteiger partial charge in [0.25, 0.3) is 5.22 Å². The van der Waals surface area contributed by atoms with Crippen LogP contribution in [-0.4, -0.2) is 21.4 Å². The molecule has 5 nitrogen and oxygen atoms in total. The molecule has 0 saturated heterocycles. The van der Waals surface area contributed by atoms with E-state index in [2.05, 4.69) is 29.4 Å². The Morgan fingerprint density at radius 1 is 1.11 bits per heavy atom. The molecule has 0 bridgehead atoms. The van der Waals surface area contributed by atoms with Crippen LogP contribution < -0.4 is 5.32 Å². The van der Waals surface area contributed by atoms with Crippen molar-refractivity contribution in [2.24, 2.45) is 0 Å². The number of halogens is 1. The van der Waals surface area contributed by atoms with E-state index in [-0.39, 0.29) is 5.91 Å². The van der Waals surface area contributed by atoms with Gasteiger partial charge in [0.05, 0.1) is 5.25 Å². The van der Waals surface area contributed by atoms with E-state index >= 15 is 0 Å². The number of thioether (sulfide) groups is 1. The molecule has 1 N–H and O–H groups in total. The van der Waals surface area contributed by atoms with Crippen LogP contribution in [0.5, 0.6) is 0 Å². The van der Waals surface area contributed by atoms with E-state index < -0.39 is 5.25 Å². The Morgan fingerprint density at radius 2 is 1.82 bits per heavy atom. The van der Waals surface area contributed by atoms with E-state index in [0.717, 1.165) is 22.4 Å². The molecule has 1 heterocycles. The molecule has 0 spiro atoms. The third-order valence-electron chi connectivity index (χ3n) is 4.32. The van der Waals surface area contributed by atoms with Gasteiger partial charge in [-0.25, -0.2) is 0 Å². The van der Waals surface area contributed by atoms with Gasteiger partial charge in [0, 0.05) is 16.3 Å². The lowest BCUT2D eigenvalue weighted by molar-refractivity contribution is -0.115. The van der Waals surface area contributed by atoms with Crippen LogP contribution in [0.2, 0.25) is 5.02 Å². The zero-order chi connectivity index (χ0) is 20.3. The van der Waals surface area contributed by atoms with Crippen molar-refractivity contribution in [3.63, 3.8) is 0 Å². The third kappa shape index (κ3) is 4.75. The standard InChI is InChI=1S/C21H22ClN3O2S/c1-12(2)17-7-5-6-13(3)18(17)23-19(26)14(4)28-21-25-24-20(27-21)15-8-10-16(22)11-9-15/h5-12,14H,1-4H3,(H,23,26). The van der Waals surface area contributed by atoms with Crippen molar-refractivity contribution < 1.29 is 9.21 Å². The second kappa shape index (κ2) is 8.80. The number of anilines is 1. The number of para-hydroxylation sites is 1. The van der Waals surface area contributed by atoms with E-state index in [0.29, 0.717) is 22.1 Å². The fraction of sp³-hybridized carbons (Fsp3) is 0.286. The quantitative estimate of drug-likeness (QED) is 0.504. The zero-order valence-corrected chi connectivity index (χ0v) is 17.8. The zero-order valence-electron chi connectivity index (χ0n) is 16.2. The molecule has 28 heavy (non-hydrogen) atoms. The minimum Gasteiger partial charge on any atom is -0.411 e. The Morgan fingerprint density at radius 3 is 2.50 bits per heavy atom. The number of hydrogen-bond acceptors (Lipinski definition) is 5. The van der Waals surface area contributed by atoms with Crippen LogP contribution in [-0.2, 0) is 4.79 Å². The lowest BCUT2D eigenvalue weighted by atomic mass is 9.98. The number of aryl methyl sites for hydroxylation is 1. The predicted molar refractivity (Wildman–Crippen MR) is 114 cm³/mol. The maximum absolute atomic E-state index is 12.7. The Labute approximate surface area is 173 Å². The molecule has 1 amide bonds. The van der Waals surface area contributed by atoms with E-state index in [1.165, 1.54) is 11.8 Å². The second-order valence-corrected chi connectivity index (χ2v) is 8.55. The SMILES string of the molecule is Cc1cccc(C(C)C)c1NC(=O)C(C)Sc1nnc(-c2ccc(Cl)cc2)o1. The monoisotopic (exact) mass is 415 g/mol. The molecule has 0 aliphatic carbocycles. The van der Waals surface area contributed by atoms with Gasteiger partial charge in [-0.3, -0.25) is 4.79 Å². The lowest BCUT2D eigenvalue weighted by Crippen LogP contribution is -2.23. The maximum atomic E-state index is 12.7. The average Bonchev–Trinajstić information content (AvgIpc) is 3.12. The molecule has 146 valence electrons. The summed E-state index contributed by atoms with van der Waals surface area (Å²) in [5.41, 5.74) is 3.82. The van der Waals surface area contributed by atoms with E-state index in [4.69, 9.17) is 16.0 Å². The van der Waals surface area contributed by atoms with Gasteiger partial charge in [-0.2, -0.15) is 0 Å². The average molecular weight is 416 g/mol. The van der Waals surface area contributed by atoms with Crippen molar-refractivity contribution in [1.82, 2.24) is 10.2 Å². The number of carbonyl (C=O) groups excluding carboxylic acids is 1. The third-order valence-corrected chi connectivity index (χ3v) is 5.51. The van der Waals surface area contributed by atoms with Crippen molar-refractivity contribution in [1.29, 1.82) is 0 Å². The van der Waals surface area contributed by atoms with Crippen molar-refractivity contribution >= 4 is 35.0 Å². The minimum absolute atomic E-state index is 0.104. The predicted octanol–water partition coefficient (Wildman–Crippen LogP) is 5.94. The number of rotatable bonds is 6. The van der Waals surface area contributed by atoms with Crippen LogP contribution in [0.1, 0.15) is 37.8 Å². The molecule has 0 aliphatic heterocycles. The van der Waals surface area contributed by atoms with E-state index in [9.17, 15) is 4.79 Å². The summed E-state index contributed by atoms with van der Waals surface area (Å²) in [4.78, 5) is 12.7. The fourth-order valence-electron chi connectivity index (χ4n) is 2.74. The molecular formula is C21H22ClN3O2S. The van der Waals surface area contributed by atoms with Crippen LogP contribution in [0.3, 0.4) is 0 Å². The molecule has 3 rings (SSSR count). The number of hydrogen-bond donors (Lipinski definition) is 1. The number of benzene rings is 2. The van der Waals surface area contributed by atoms with Gasteiger partial charge in [-0.15, -0.1) is 10.2 Å². The number of carbonyl (C=O) groups is 1. The first-order valence-corrected chi connectivity index (χ1v) is 10.3. The highest BCUT2D eigenvalue weighted by Gasteiger charge is 2.21. The molecule has 0 radical (unpaired) electrons. The number of nitrogens with zero attached hydrogens (tertiary/aromatic N) is 2. The molecule has 1 atom stereocenters. The van der Waals surface area contributed by atoms with Crippen molar-refractivity contribution in [2.45, 2.75) is 44.1 Å². The van der Waals surface area contributed by atoms with E-state index in [1.807, 2.05) is 44.2 Å². The summed E-state index contributed by atoms with van der Waals surface area (Å²) in [6.07, 6.45) is 0. The summed E-state index contributed by atoms with van der Waals surface area (Å²) < 4.78 is 5.68. The summed E-state index contributed by atoms with van der Waals surface area (Å²) in [6, 6.07) is 13.2. The van der Waals surface area contributed by atoms with Crippen LogP contribution in [0.4, 0.5) is 5.69 Å². The summed E-state index contributed by atoms with van der Waals surface area (Å²) in [6.45, 7) is 8.04. The van der Waals surface area contributed by atoms with E-state index in [1.54, 1.807) is 12.1 Å². The van der Waals surface area contributed by atoms with Crippen LogP contribution in [0, 0.1) is 6.92 Å². The van der Waals surface area contributed by atoms with Gasteiger partial charge in [0.1, 0.15) is 0 Å². The molecule has 7 heteroatoms. The van der Waals surface area contributed by atoms with Crippen LogP contribution >= 0.6 is 23.4 Å². The molecular weight excluding hydrogens is 394 g/mol. The number of nitrogens with one attached hydrogen (secondary N) is 1. The first-order chi connectivity index (χ1) is 13.3. The topological polar surface area (TPSA) is 68.0 Å². The van der Waals surface area contributed by atoms with Crippen molar-refractivity contribution in [3.8, 4) is 11.5 Å². The maximum Gasteiger partial charge on any atom is 0.277 e. The Balaban J connectivity index is 1.69. The lowest BCUT2D eigenvalue weighted by Gasteiger charge is -2.18. The second-order valence-electron chi connectivity index (χ2n) is 6.82. The summed E-state index contributed by atoms with van der Waals surface area (Å²) >= 11 is 7.13. The first kappa shape index (κ1) is 20.4. The first-order valence-electron chi connectivity index (χ1n) is 9.01. The molecule has 0 saturated carbocycles. The normalized spacial score (nSPS) is 12.2. The summed E-state index contributed by atoms with van der Waals surface area (Å²) in [5, 5.41) is 11.8. The van der Waals surface area contributed by atoms with Gasteiger partial charge in [0.15, 0.2) is 0 Å². The molecule has 1 unspecified atom stereocenters. The highest BCUT2D eigenvalue weighted by molar-refractivity contribution is 8.00. The number of aromatic nitrogens is 2. The van der Waals surface area contributed by atoms with Gasteiger partial charge >= 0.3 is 0 Å². The summed E-state index contributed by atoms with van der Waals surface area (Å²) in [5.74, 6) is 0.608. The highest BCUT2D eigenvalue weighted by Crippen LogP contribution is 2.30. The van der Waals surface area contributed by atoms with Gasteiger partial charge in [-0.05, 0) is 55.2 Å². The number of amides is 1. The van der Waals surface area contributed by atoms with Crippen molar-refractivity contribution in [2.75, 3.05) is 5.32 Å². The molecule has 0 aliphatic rings. The van der Waals surface area contributed by atoms with Gasteiger partial charge in [-0.1, -0.05) is 55.4 Å². The molecule has 1 aromatic heterocycles. The summed E-state index contributed by atoms with van der Waals surface area (Å²) in [7, 11) is 0. The molecule has 0 fully saturated rings. The Bertz CT molecular complexity index is 970. The fourth-order valence-corrected chi connectivity index (χ4v) is 3.55. The van der Waals surface area contributed by atoms with Crippen LogP contribution in [0.25, 0.3) is 11.5 Å². The Hall–Kier alpha value is -2.31. The minimum atomic E-state index is -0.391. The molecule has 3 aromatic rings.